The van der Waals surface area contributed by atoms with Gasteiger partial charge < -0.3 is 10.8 Å². The van der Waals surface area contributed by atoms with Crippen molar-refractivity contribution in [3.63, 3.8) is 0 Å². The summed E-state index contributed by atoms with van der Waals surface area (Å²) < 4.78 is 1.46. The maximum absolute atomic E-state index is 4.81. The molecule has 0 amide bonds. The van der Waals surface area contributed by atoms with Crippen LogP contribution >= 0.6 is 66.7 Å². The minimum atomic E-state index is -0.750. The van der Waals surface area contributed by atoms with Gasteiger partial charge in [0.2, 0.25) is 0 Å². The maximum atomic E-state index is 4.81. The third-order valence-electron chi connectivity index (χ3n) is 2.49. The summed E-state index contributed by atoms with van der Waals surface area (Å²) in [6, 6.07) is 3.93. The second-order valence-corrected chi connectivity index (χ2v) is 9.75. The smallest absolute Gasteiger partial charge is 0.180 e. The lowest BCUT2D eigenvalue weighted by molar-refractivity contribution is 0.630. The highest BCUT2D eigenvalue weighted by molar-refractivity contribution is 9.10. The van der Waals surface area contributed by atoms with Crippen LogP contribution in [0.15, 0.2) is 39.7 Å². The van der Waals surface area contributed by atoms with E-state index in [9.17, 15) is 0 Å². The Morgan fingerprint density at radius 3 is 1.85 bits per heavy atom. The van der Waals surface area contributed by atoms with Crippen LogP contribution in [0.1, 0.15) is 31.9 Å². The van der Waals surface area contributed by atoms with E-state index in [0.29, 0.717) is 0 Å². The zero-order valence-corrected chi connectivity index (χ0v) is 20.7. The van der Waals surface area contributed by atoms with Crippen molar-refractivity contribution in [1.82, 2.24) is 9.97 Å². The van der Waals surface area contributed by atoms with Crippen molar-refractivity contribution in [3.8, 4) is 0 Å². The Balaban J connectivity index is 0. The topological polar surface area (TPSA) is 69.3 Å². The zero-order valence-electron chi connectivity index (χ0n) is 15.2. The molecule has 4 nitrogen and oxygen atoms in total. The van der Waals surface area contributed by atoms with E-state index in [4.69, 9.17) is 34.8 Å². The van der Waals surface area contributed by atoms with Crippen LogP contribution in [0.2, 0.25) is 0 Å². The van der Waals surface area contributed by atoms with Gasteiger partial charge in [0.25, 0.3) is 0 Å². The van der Waals surface area contributed by atoms with Gasteiger partial charge in [-0.25, -0.2) is 4.98 Å². The van der Waals surface area contributed by atoms with Gasteiger partial charge in [-0.2, -0.15) is 0 Å². The number of hydrogen-bond acceptors (Lipinski definition) is 3. The molecule has 0 atom stereocenters. The minimum Gasteiger partial charge on any atom is -0.412 e. The average Bonchev–Trinajstić information content (AvgIpc) is 2.45. The molecule has 0 aromatic carbocycles. The number of nitrogens with one attached hydrogen (secondary N) is 1. The van der Waals surface area contributed by atoms with Crippen LogP contribution in [-0.4, -0.2) is 25.3 Å². The van der Waals surface area contributed by atoms with Crippen molar-refractivity contribution >= 4 is 72.5 Å². The molecule has 2 heterocycles. The van der Waals surface area contributed by atoms with Crippen molar-refractivity contribution < 1.29 is 5.48 Å². The minimum absolute atomic E-state index is 0. The van der Waals surface area contributed by atoms with Crippen LogP contribution < -0.4 is 5.32 Å². The van der Waals surface area contributed by atoms with Crippen LogP contribution in [0.5, 0.6) is 0 Å². The predicted octanol–water partition coefficient (Wildman–Crippen LogP) is 6.68. The third kappa shape index (κ3) is 15.0. The average molecular weight is 553 g/mol. The largest absolute Gasteiger partial charge is 0.412 e. The fourth-order valence-electron chi connectivity index (χ4n) is 1.41. The van der Waals surface area contributed by atoms with Crippen molar-refractivity contribution in [1.29, 1.82) is 0 Å². The highest BCUT2D eigenvalue weighted by Crippen LogP contribution is 2.20. The molecular formula is C17H24Br2Cl3N3O. The van der Waals surface area contributed by atoms with E-state index in [1.54, 1.807) is 6.20 Å². The molecule has 0 radical (unpaired) electrons. The lowest BCUT2D eigenvalue weighted by Gasteiger charge is -2.21. The molecule has 0 aliphatic rings. The molecule has 0 saturated heterocycles. The first-order valence-corrected chi connectivity index (χ1v) is 10.2. The van der Waals surface area contributed by atoms with Gasteiger partial charge in [0.1, 0.15) is 5.82 Å². The van der Waals surface area contributed by atoms with E-state index < -0.39 is 4.30 Å². The molecule has 0 saturated carbocycles. The van der Waals surface area contributed by atoms with Gasteiger partial charge >= 0.3 is 0 Å². The molecule has 2 aromatic rings. The number of aromatic nitrogens is 2. The van der Waals surface area contributed by atoms with Gasteiger partial charge in [0.15, 0.2) is 4.30 Å². The highest BCUT2D eigenvalue weighted by Gasteiger charge is 2.10. The quantitative estimate of drug-likeness (QED) is 0.402. The van der Waals surface area contributed by atoms with Crippen molar-refractivity contribution in [2.45, 2.75) is 44.5 Å². The second-order valence-electron chi connectivity index (χ2n) is 6.07. The Bertz CT molecular complexity index is 630. The van der Waals surface area contributed by atoms with Crippen molar-refractivity contribution in [2.24, 2.45) is 0 Å². The molecule has 2 aromatic heterocycles. The molecular weight excluding hydrogens is 528 g/mol. The Hall–Kier alpha value is -0.110. The predicted molar refractivity (Wildman–Crippen MR) is 122 cm³/mol. The Morgan fingerprint density at radius 2 is 1.50 bits per heavy atom. The highest BCUT2D eigenvalue weighted by atomic mass is 79.9. The lowest BCUT2D eigenvalue weighted by Crippen LogP contribution is -2.26. The molecule has 26 heavy (non-hydrogen) atoms. The first-order valence-electron chi connectivity index (χ1n) is 7.31. The summed E-state index contributed by atoms with van der Waals surface area (Å²) in [6.07, 6.45) is 5.44. The Morgan fingerprint density at radius 1 is 1.00 bits per heavy atom. The molecule has 3 N–H and O–H groups in total. The van der Waals surface area contributed by atoms with Crippen LogP contribution in [0.4, 0.5) is 5.82 Å². The number of hydrogen-bond donors (Lipinski definition) is 1. The zero-order chi connectivity index (χ0) is 19.6. The molecule has 2 rings (SSSR count). The monoisotopic (exact) mass is 549 g/mol. The van der Waals surface area contributed by atoms with Gasteiger partial charge in [-0.15, -0.1) is 0 Å². The van der Waals surface area contributed by atoms with Gasteiger partial charge in [-0.3, -0.25) is 4.98 Å². The third-order valence-corrected chi connectivity index (χ3v) is 4.24. The van der Waals surface area contributed by atoms with E-state index in [1.807, 2.05) is 38.4 Å². The number of halogens is 5. The number of pyridine rings is 2. The van der Waals surface area contributed by atoms with Gasteiger partial charge in [-0.1, -0.05) is 66.7 Å². The molecule has 0 fully saturated rings. The fraction of sp³-hybridized carbons (Fsp3) is 0.412. The van der Waals surface area contributed by atoms with Crippen LogP contribution in [0, 0.1) is 13.8 Å². The van der Waals surface area contributed by atoms with Gasteiger partial charge in [-0.05, 0) is 57.9 Å². The van der Waals surface area contributed by atoms with E-state index in [0.717, 1.165) is 20.3 Å². The maximum Gasteiger partial charge on any atom is 0.180 e. The first kappa shape index (κ1) is 28.1. The SMILES string of the molecule is Cc1cnc(NC(C)(C)C)cc1Br.Cc1cnccc1Br.ClC(Cl)Cl.O. The normalized spacial score (nSPS) is 9.96. The Labute approximate surface area is 187 Å². The number of rotatable bonds is 1. The number of nitrogens with zero attached hydrogens (tertiary/aromatic N) is 2. The van der Waals surface area contributed by atoms with Crippen LogP contribution in [0.3, 0.4) is 0 Å². The molecule has 0 aliphatic heterocycles. The summed E-state index contributed by atoms with van der Waals surface area (Å²) in [7, 11) is 0. The van der Waals surface area contributed by atoms with Crippen molar-refractivity contribution in [2.75, 3.05) is 5.32 Å². The summed E-state index contributed by atoms with van der Waals surface area (Å²) in [5.41, 5.74) is 2.38. The summed E-state index contributed by atoms with van der Waals surface area (Å²) in [4.78, 5) is 8.20. The molecule has 9 heteroatoms. The number of aryl methyl sites for hydroxylation is 2. The lowest BCUT2D eigenvalue weighted by atomic mass is 10.1. The van der Waals surface area contributed by atoms with E-state index in [2.05, 4.69) is 67.9 Å². The summed E-state index contributed by atoms with van der Waals surface area (Å²) in [5.74, 6) is 0.907. The Kier molecular flexibility index (Phi) is 15.1. The van der Waals surface area contributed by atoms with Crippen molar-refractivity contribution in [3.05, 3.63) is 50.8 Å². The molecule has 0 unspecified atom stereocenters. The number of anilines is 1. The van der Waals surface area contributed by atoms with Crippen LogP contribution in [-0.2, 0) is 0 Å². The first-order chi connectivity index (χ1) is 11.4. The standard InChI is InChI=1S/C10H15BrN2.C6H6BrN.CHCl3.H2O/c1-7-6-12-9(5-8(7)11)13-10(2,3)4;1-5-4-8-3-2-6(5)7;2-1(3)4;/h5-6H,1-4H3,(H,12,13);2-4H,1H3;1H;1H2. The van der Waals surface area contributed by atoms with E-state index in [-0.39, 0.29) is 11.0 Å². The van der Waals surface area contributed by atoms with E-state index in [1.165, 1.54) is 5.56 Å². The van der Waals surface area contributed by atoms with Gasteiger partial charge in [0, 0.05) is 33.1 Å². The summed E-state index contributed by atoms with van der Waals surface area (Å²) in [5, 5.41) is 3.31. The number of alkyl halides is 3. The molecule has 0 spiro atoms. The van der Waals surface area contributed by atoms with Crippen LogP contribution in [0.25, 0.3) is 0 Å². The van der Waals surface area contributed by atoms with E-state index >= 15 is 0 Å². The fourth-order valence-corrected chi connectivity index (χ4v) is 1.95. The second kappa shape index (κ2) is 14.0. The summed E-state index contributed by atoms with van der Waals surface area (Å²) >= 11 is 21.2. The molecule has 148 valence electrons. The van der Waals surface area contributed by atoms with Gasteiger partial charge in [0.05, 0.1) is 0 Å². The molecule has 0 bridgehead atoms. The molecule has 0 aliphatic carbocycles. The summed E-state index contributed by atoms with van der Waals surface area (Å²) in [6.45, 7) is 10.4.